The summed E-state index contributed by atoms with van der Waals surface area (Å²) < 4.78 is 79.7. The topological polar surface area (TPSA) is 165 Å². The van der Waals surface area contributed by atoms with Crippen molar-refractivity contribution in [2.24, 2.45) is 0 Å². The average molecular weight is 1080 g/mol. The van der Waals surface area contributed by atoms with Crippen LogP contribution in [0.4, 0.5) is 0 Å². The Morgan fingerprint density at radius 2 is 1.09 bits per heavy atom. The molecule has 2 amide bonds. The molecule has 3 fully saturated rings. The van der Waals surface area contributed by atoms with Gasteiger partial charge in [0.2, 0.25) is 0 Å². The molecule has 0 aliphatic carbocycles. The molecular formula is C63H67NO15. The van der Waals surface area contributed by atoms with E-state index >= 15 is 0 Å². The van der Waals surface area contributed by atoms with Crippen LogP contribution >= 0.6 is 0 Å². The number of amides is 2. The zero-order valence-electron chi connectivity index (χ0n) is 44.4. The van der Waals surface area contributed by atoms with E-state index in [1.807, 2.05) is 146 Å². The molecular weight excluding hydrogens is 1010 g/mol. The number of benzene rings is 6. The molecule has 0 bridgehead atoms. The predicted octanol–water partition coefficient (Wildman–Crippen LogP) is 9.33. The highest BCUT2D eigenvalue weighted by atomic mass is 16.8. The molecule has 11 atom stereocenters. The molecule has 4 heterocycles. The molecule has 414 valence electrons. The Hall–Kier alpha value is -6.67. The summed E-state index contributed by atoms with van der Waals surface area (Å²) in [7, 11) is 2.95. The third-order valence-corrected chi connectivity index (χ3v) is 14.5. The van der Waals surface area contributed by atoms with Crippen molar-refractivity contribution in [3.05, 3.63) is 209 Å². The van der Waals surface area contributed by atoms with Gasteiger partial charge in [-0.2, -0.15) is 0 Å². The van der Waals surface area contributed by atoms with Crippen molar-refractivity contribution in [3.63, 3.8) is 0 Å². The Balaban J connectivity index is 1.07. The van der Waals surface area contributed by atoms with Gasteiger partial charge in [-0.15, -0.1) is 0 Å². The van der Waals surface area contributed by atoms with Crippen LogP contribution in [0.2, 0.25) is 0 Å². The van der Waals surface area contributed by atoms with Crippen molar-refractivity contribution < 1.29 is 71.2 Å². The van der Waals surface area contributed by atoms with Crippen molar-refractivity contribution in [2.45, 2.75) is 120 Å². The lowest BCUT2D eigenvalue weighted by atomic mass is 9.93. The number of unbranched alkanes of at least 4 members (excludes halogenated alkanes) is 2. The Morgan fingerprint density at radius 3 is 1.66 bits per heavy atom. The Morgan fingerprint density at radius 1 is 0.544 bits per heavy atom. The standard InChI is InChI=1S/C63H67NO15/c1-68-47-33-31-46(32-34-47)61-75-41-51-55(78-61)56(53(62(76-51)71-35-19-7-16-30-52(65)69-2)64-59(66)48-28-17-18-29-49(48)60(64)67)79-63-58(74-39-45-26-14-6-15-27-45)57(73-38-44-24-12-5-13-25-44)54(72-37-43-22-10-4-11-23-43)50(77-63)40-70-36-42-20-8-3-9-21-42/h3-6,8-15,17-18,20-29,31-34,50-51,53-58,61-63H,7,16,19,30,35-41H2,1-2H3/t50-,51-,53-,54-,55-,56-,57+,58-,61-,62-,63-/m1/s1. The molecule has 4 aliphatic rings. The van der Waals surface area contributed by atoms with E-state index in [2.05, 4.69) is 0 Å². The molecule has 6 aromatic carbocycles. The van der Waals surface area contributed by atoms with E-state index < -0.39 is 79.5 Å². The highest BCUT2D eigenvalue weighted by molar-refractivity contribution is 6.21. The lowest BCUT2D eigenvalue weighted by Gasteiger charge is -2.53. The number of carbonyl (C=O) groups is 3. The molecule has 0 N–H and O–H groups in total. The van der Waals surface area contributed by atoms with E-state index in [4.69, 9.17) is 56.8 Å². The number of ether oxygens (including phenoxy) is 12. The van der Waals surface area contributed by atoms with Crippen LogP contribution in [0.25, 0.3) is 0 Å². The molecule has 16 heteroatoms. The second-order valence-corrected chi connectivity index (χ2v) is 19.8. The van der Waals surface area contributed by atoms with Gasteiger partial charge in [0.1, 0.15) is 54.5 Å². The summed E-state index contributed by atoms with van der Waals surface area (Å²) in [6.45, 7) is 0.972. The van der Waals surface area contributed by atoms with Gasteiger partial charge in [-0.25, -0.2) is 0 Å². The first-order valence-electron chi connectivity index (χ1n) is 27.0. The molecule has 0 aromatic heterocycles. The summed E-state index contributed by atoms with van der Waals surface area (Å²) in [4.78, 5) is 43.0. The molecule has 0 unspecified atom stereocenters. The van der Waals surface area contributed by atoms with Crippen molar-refractivity contribution in [1.82, 2.24) is 4.90 Å². The number of methoxy groups -OCH3 is 2. The summed E-state index contributed by atoms with van der Waals surface area (Å²) in [6.07, 6.45) is -8.20. The summed E-state index contributed by atoms with van der Waals surface area (Å²) in [5.74, 6) is -0.775. The molecule has 10 rings (SSSR count). The van der Waals surface area contributed by atoms with E-state index in [9.17, 15) is 14.4 Å². The summed E-state index contributed by atoms with van der Waals surface area (Å²) in [6, 6.07) is 52.0. The third kappa shape index (κ3) is 13.9. The number of hydrogen-bond donors (Lipinski definition) is 0. The van der Waals surface area contributed by atoms with Crippen LogP contribution in [0.3, 0.4) is 0 Å². The van der Waals surface area contributed by atoms with Crippen molar-refractivity contribution in [1.29, 1.82) is 0 Å². The minimum absolute atomic E-state index is 0.0165. The number of esters is 1. The van der Waals surface area contributed by atoms with Crippen LogP contribution in [-0.2, 0) is 83.3 Å². The van der Waals surface area contributed by atoms with Gasteiger partial charge in [0, 0.05) is 18.6 Å². The van der Waals surface area contributed by atoms with Crippen LogP contribution in [0.1, 0.15) is 80.5 Å². The Kier molecular flexibility index (Phi) is 19.3. The fourth-order valence-electron chi connectivity index (χ4n) is 10.4. The Bertz CT molecular complexity index is 2830. The maximum Gasteiger partial charge on any atom is 0.305 e. The third-order valence-electron chi connectivity index (χ3n) is 14.5. The molecule has 0 spiro atoms. The quantitative estimate of drug-likeness (QED) is 0.0302. The van der Waals surface area contributed by atoms with E-state index in [0.29, 0.717) is 30.6 Å². The average Bonchev–Trinajstić information content (AvgIpc) is 4.06. The number of nitrogens with zero attached hydrogens (tertiary/aromatic N) is 1. The molecule has 0 radical (unpaired) electrons. The highest BCUT2D eigenvalue weighted by Crippen LogP contribution is 2.42. The van der Waals surface area contributed by atoms with Gasteiger partial charge in [-0.3, -0.25) is 19.3 Å². The molecule has 0 saturated carbocycles. The minimum Gasteiger partial charge on any atom is -0.497 e. The first kappa shape index (κ1) is 55.6. The number of fused-ring (bicyclic) bond motifs is 2. The number of imide groups is 1. The summed E-state index contributed by atoms with van der Waals surface area (Å²) in [5.41, 5.74) is 4.81. The van der Waals surface area contributed by atoms with Crippen LogP contribution in [-0.4, -0.2) is 118 Å². The van der Waals surface area contributed by atoms with E-state index in [1.54, 1.807) is 31.4 Å². The fourth-order valence-corrected chi connectivity index (χ4v) is 10.4. The van der Waals surface area contributed by atoms with Crippen molar-refractivity contribution >= 4 is 17.8 Å². The van der Waals surface area contributed by atoms with Gasteiger partial charge >= 0.3 is 5.97 Å². The lowest BCUT2D eigenvalue weighted by Crippen LogP contribution is -2.70. The van der Waals surface area contributed by atoms with Gasteiger partial charge in [0.05, 0.1) is 65.0 Å². The second kappa shape index (κ2) is 27.5. The molecule has 16 nitrogen and oxygen atoms in total. The molecule has 79 heavy (non-hydrogen) atoms. The van der Waals surface area contributed by atoms with Crippen LogP contribution in [0.15, 0.2) is 170 Å². The van der Waals surface area contributed by atoms with Gasteiger partial charge in [-0.05, 0) is 59.4 Å². The summed E-state index contributed by atoms with van der Waals surface area (Å²) in [5, 5.41) is 0. The van der Waals surface area contributed by atoms with E-state index in [0.717, 1.165) is 22.3 Å². The molecule has 4 aliphatic heterocycles. The second-order valence-electron chi connectivity index (χ2n) is 19.8. The van der Waals surface area contributed by atoms with Gasteiger partial charge in [0.15, 0.2) is 18.9 Å². The van der Waals surface area contributed by atoms with Crippen molar-refractivity contribution in [2.75, 3.05) is 34.0 Å². The first-order valence-corrected chi connectivity index (χ1v) is 27.0. The zero-order chi connectivity index (χ0) is 54.3. The smallest absolute Gasteiger partial charge is 0.305 e. The lowest BCUT2D eigenvalue weighted by molar-refractivity contribution is -0.388. The summed E-state index contributed by atoms with van der Waals surface area (Å²) >= 11 is 0. The van der Waals surface area contributed by atoms with E-state index in [-0.39, 0.29) is 69.8 Å². The minimum atomic E-state index is -1.31. The predicted molar refractivity (Wildman–Crippen MR) is 287 cm³/mol. The zero-order valence-corrected chi connectivity index (χ0v) is 44.4. The SMILES string of the molecule is COC(=O)CCCCCO[C@@H]1O[C@@H]2CO[C@@H](c3ccc(OC)cc3)O[C@H]2[C@H](O[C@H]2O[C@H](COCc3ccccc3)[C@@H](OCc3ccccc3)[C@H](OCc3ccccc3)[C@H]2OCc2ccccc2)[C@H]1N1C(=O)c2ccccc2C1=O. The maximum atomic E-state index is 14.9. The number of carbonyl (C=O) groups excluding carboxylic acids is 3. The largest absolute Gasteiger partial charge is 0.497 e. The monoisotopic (exact) mass is 1080 g/mol. The number of hydrogen-bond acceptors (Lipinski definition) is 15. The molecule has 3 saturated heterocycles. The van der Waals surface area contributed by atoms with Crippen molar-refractivity contribution in [3.8, 4) is 5.75 Å². The van der Waals surface area contributed by atoms with Gasteiger partial charge < -0.3 is 56.8 Å². The normalized spacial score (nSPS) is 25.6. The fraction of sp³-hybridized carbons (Fsp3) is 0.381. The highest BCUT2D eigenvalue weighted by Gasteiger charge is 2.59. The van der Waals surface area contributed by atoms with Crippen LogP contribution in [0, 0.1) is 0 Å². The number of rotatable bonds is 25. The van der Waals surface area contributed by atoms with Gasteiger partial charge in [0.25, 0.3) is 11.8 Å². The van der Waals surface area contributed by atoms with Crippen LogP contribution < -0.4 is 4.74 Å². The first-order chi connectivity index (χ1) is 38.8. The molecule has 6 aromatic rings. The Labute approximate surface area is 460 Å². The van der Waals surface area contributed by atoms with E-state index in [1.165, 1.54) is 12.0 Å². The van der Waals surface area contributed by atoms with Crippen LogP contribution in [0.5, 0.6) is 5.75 Å². The van der Waals surface area contributed by atoms with Gasteiger partial charge in [-0.1, -0.05) is 152 Å². The maximum absolute atomic E-state index is 14.9.